The van der Waals surface area contributed by atoms with Crippen LogP contribution in [-0.2, 0) is 5.75 Å². The van der Waals surface area contributed by atoms with Gasteiger partial charge in [-0.25, -0.2) is 9.97 Å². The maximum Gasteiger partial charge on any atom is 0.258 e. The van der Waals surface area contributed by atoms with Crippen LogP contribution in [0.1, 0.15) is 11.5 Å². The van der Waals surface area contributed by atoms with Gasteiger partial charge in [-0.05, 0) is 25.1 Å². The first-order valence-electron chi connectivity index (χ1n) is 5.85. The fourth-order valence-corrected chi connectivity index (χ4v) is 3.65. The van der Waals surface area contributed by atoms with Gasteiger partial charge in [-0.3, -0.25) is 4.79 Å². The number of aromatic amines is 1. The molecule has 4 nitrogen and oxygen atoms in total. The molecule has 102 valence electrons. The number of benzene rings is 1. The summed E-state index contributed by atoms with van der Waals surface area (Å²) >= 11 is 9.04. The molecular formula is C13H10ClN3OS2. The molecule has 0 aliphatic rings. The molecule has 7 heteroatoms. The van der Waals surface area contributed by atoms with Crippen molar-refractivity contribution in [3.05, 3.63) is 50.5 Å². The van der Waals surface area contributed by atoms with Gasteiger partial charge in [0.2, 0.25) is 0 Å². The molecule has 2 aromatic heterocycles. The highest BCUT2D eigenvalue weighted by Crippen LogP contribution is 2.25. The average Bonchev–Trinajstić information content (AvgIpc) is 2.83. The first-order chi connectivity index (χ1) is 9.61. The number of hydrogen-bond acceptors (Lipinski definition) is 5. The van der Waals surface area contributed by atoms with E-state index in [0.29, 0.717) is 27.5 Å². The average molecular weight is 324 g/mol. The van der Waals surface area contributed by atoms with Crippen molar-refractivity contribution in [1.82, 2.24) is 15.0 Å². The van der Waals surface area contributed by atoms with Crippen LogP contribution in [0, 0.1) is 6.92 Å². The van der Waals surface area contributed by atoms with Crippen molar-refractivity contribution in [2.75, 3.05) is 0 Å². The van der Waals surface area contributed by atoms with Gasteiger partial charge >= 0.3 is 0 Å². The Labute approximate surface area is 128 Å². The molecule has 0 spiro atoms. The molecule has 3 rings (SSSR count). The molecule has 0 amide bonds. The fraction of sp³-hybridized carbons (Fsp3) is 0.154. The largest absolute Gasteiger partial charge is 0.309 e. The molecule has 0 saturated heterocycles. The number of rotatable bonds is 3. The Morgan fingerprint density at radius 3 is 3.00 bits per heavy atom. The van der Waals surface area contributed by atoms with Gasteiger partial charge in [0.1, 0.15) is 5.82 Å². The van der Waals surface area contributed by atoms with Gasteiger partial charge in [0, 0.05) is 16.1 Å². The minimum Gasteiger partial charge on any atom is -0.309 e. The van der Waals surface area contributed by atoms with E-state index in [9.17, 15) is 4.79 Å². The second kappa shape index (κ2) is 5.55. The van der Waals surface area contributed by atoms with Crippen LogP contribution in [0.15, 0.2) is 32.7 Å². The van der Waals surface area contributed by atoms with Crippen LogP contribution >= 0.6 is 34.7 Å². The van der Waals surface area contributed by atoms with Gasteiger partial charge in [-0.15, -0.1) is 11.3 Å². The van der Waals surface area contributed by atoms with Crippen LogP contribution < -0.4 is 5.56 Å². The maximum absolute atomic E-state index is 12.0. The summed E-state index contributed by atoms with van der Waals surface area (Å²) in [5.74, 6) is 1.23. The second-order valence-electron chi connectivity index (χ2n) is 4.22. The van der Waals surface area contributed by atoms with E-state index in [1.807, 2.05) is 12.3 Å². The van der Waals surface area contributed by atoms with E-state index in [2.05, 4.69) is 15.0 Å². The lowest BCUT2D eigenvalue weighted by Gasteiger charge is -2.02. The highest BCUT2D eigenvalue weighted by atomic mass is 35.5. The predicted molar refractivity (Wildman–Crippen MR) is 83.8 cm³/mol. The van der Waals surface area contributed by atoms with Crippen molar-refractivity contribution in [2.45, 2.75) is 17.0 Å². The number of H-pyrrole nitrogens is 1. The van der Waals surface area contributed by atoms with E-state index < -0.39 is 0 Å². The quantitative estimate of drug-likeness (QED) is 0.748. The van der Waals surface area contributed by atoms with Crippen LogP contribution in [0.2, 0.25) is 5.02 Å². The lowest BCUT2D eigenvalue weighted by molar-refractivity contribution is 1.04. The minimum absolute atomic E-state index is 0.164. The van der Waals surface area contributed by atoms with E-state index in [4.69, 9.17) is 11.6 Å². The number of thiazole rings is 1. The minimum atomic E-state index is -0.164. The third-order valence-corrected chi connectivity index (χ3v) is 5.03. The van der Waals surface area contributed by atoms with E-state index in [1.165, 1.54) is 0 Å². The van der Waals surface area contributed by atoms with Gasteiger partial charge in [0.05, 0.1) is 16.7 Å². The Kier molecular flexibility index (Phi) is 3.78. The number of nitrogens with one attached hydrogen (secondary N) is 1. The normalized spacial score (nSPS) is 11.1. The first-order valence-corrected chi connectivity index (χ1v) is 8.09. The molecule has 1 aromatic carbocycles. The molecular weight excluding hydrogens is 314 g/mol. The lowest BCUT2D eigenvalue weighted by atomic mass is 10.2. The number of halogens is 1. The summed E-state index contributed by atoms with van der Waals surface area (Å²) in [6.45, 7) is 1.96. The lowest BCUT2D eigenvalue weighted by Crippen LogP contribution is -2.11. The molecule has 0 unspecified atom stereocenters. The molecule has 20 heavy (non-hydrogen) atoms. The third kappa shape index (κ3) is 2.87. The molecule has 0 aliphatic carbocycles. The summed E-state index contributed by atoms with van der Waals surface area (Å²) in [6.07, 6.45) is 0. The van der Waals surface area contributed by atoms with Gasteiger partial charge in [0.15, 0.2) is 4.34 Å². The molecule has 0 saturated carbocycles. The maximum atomic E-state index is 12.0. The van der Waals surface area contributed by atoms with Gasteiger partial charge in [-0.2, -0.15) is 0 Å². The van der Waals surface area contributed by atoms with E-state index in [0.717, 1.165) is 10.0 Å². The van der Waals surface area contributed by atoms with Crippen LogP contribution in [0.4, 0.5) is 0 Å². The Bertz CT molecular complexity index is 828. The van der Waals surface area contributed by atoms with E-state index in [-0.39, 0.29) is 5.56 Å². The Balaban J connectivity index is 1.89. The Hall–Kier alpha value is -1.37. The zero-order chi connectivity index (χ0) is 14.1. The van der Waals surface area contributed by atoms with Crippen molar-refractivity contribution >= 4 is 45.6 Å². The van der Waals surface area contributed by atoms with Crippen LogP contribution in [-0.4, -0.2) is 15.0 Å². The SMILES string of the molecule is Cc1csc(SCc2nc3ccc(Cl)cc3c(=O)[nH]2)n1. The van der Waals surface area contributed by atoms with Crippen molar-refractivity contribution < 1.29 is 0 Å². The molecule has 0 atom stereocenters. The van der Waals surface area contributed by atoms with Gasteiger partial charge in [-0.1, -0.05) is 23.4 Å². The molecule has 1 N–H and O–H groups in total. The van der Waals surface area contributed by atoms with Crippen LogP contribution in [0.3, 0.4) is 0 Å². The van der Waals surface area contributed by atoms with Crippen LogP contribution in [0.5, 0.6) is 0 Å². The summed E-state index contributed by atoms with van der Waals surface area (Å²) in [5.41, 5.74) is 1.50. The molecule has 0 bridgehead atoms. The summed E-state index contributed by atoms with van der Waals surface area (Å²) in [4.78, 5) is 23.6. The highest BCUT2D eigenvalue weighted by Gasteiger charge is 2.06. The number of aromatic nitrogens is 3. The zero-order valence-electron chi connectivity index (χ0n) is 10.5. The molecule has 3 aromatic rings. The van der Waals surface area contributed by atoms with Crippen molar-refractivity contribution in [3.8, 4) is 0 Å². The number of fused-ring (bicyclic) bond motifs is 1. The summed E-state index contributed by atoms with van der Waals surface area (Å²) in [5, 5.41) is 3.04. The predicted octanol–water partition coefficient (Wildman–Crippen LogP) is 3.63. The van der Waals surface area contributed by atoms with E-state index >= 15 is 0 Å². The fourth-order valence-electron chi connectivity index (χ4n) is 1.76. The standard InChI is InChI=1S/C13H10ClN3OS2/c1-7-5-19-13(15-7)20-6-11-16-10-3-2-8(14)4-9(10)12(18)17-11/h2-5H,6H2,1H3,(H,16,17,18). The summed E-state index contributed by atoms with van der Waals surface area (Å²) in [7, 11) is 0. The van der Waals surface area contributed by atoms with Gasteiger partial charge in [0.25, 0.3) is 5.56 Å². The topological polar surface area (TPSA) is 58.6 Å². The number of aryl methyl sites for hydroxylation is 1. The highest BCUT2D eigenvalue weighted by molar-refractivity contribution is 8.00. The molecule has 0 radical (unpaired) electrons. The third-order valence-electron chi connectivity index (χ3n) is 2.65. The summed E-state index contributed by atoms with van der Waals surface area (Å²) < 4.78 is 0.973. The number of thioether (sulfide) groups is 1. The Morgan fingerprint density at radius 1 is 1.40 bits per heavy atom. The summed E-state index contributed by atoms with van der Waals surface area (Å²) in [6, 6.07) is 5.12. The van der Waals surface area contributed by atoms with Crippen molar-refractivity contribution in [3.63, 3.8) is 0 Å². The first kappa shape index (κ1) is 13.6. The smallest absolute Gasteiger partial charge is 0.258 e. The second-order valence-corrected chi connectivity index (χ2v) is 6.73. The molecule has 0 fully saturated rings. The van der Waals surface area contributed by atoms with Crippen LogP contribution in [0.25, 0.3) is 10.9 Å². The van der Waals surface area contributed by atoms with Crippen molar-refractivity contribution in [1.29, 1.82) is 0 Å². The monoisotopic (exact) mass is 323 g/mol. The Morgan fingerprint density at radius 2 is 2.25 bits per heavy atom. The molecule has 0 aliphatic heterocycles. The number of hydrogen-bond donors (Lipinski definition) is 1. The van der Waals surface area contributed by atoms with Gasteiger partial charge < -0.3 is 4.98 Å². The number of nitrogens with zero attached hydrogens (tertiary/aromatic N) is 2. The van der Waals surface area contributed by atoms with Crippen molar-refractivity contribution in [2.24, 2.45) is 0 Å². The molecule has 2 heterocycles. The zero-order valence-corrected chi connectivity index (χ0v) is 12.9. The van der Waals surface area contributed by atoms with E-state index in [1.54, 1.807) is 41.3 Å².